The Hall–Kier alpha value is -3.39. The maximum atomic E-state index is 14.0. The molecular formula is C24H20FN3O3S. The summed E-state index contributed by atoms with van der Waals surface area (Å²) in [6, 6.07) is 13.1. The number of Topliss-reactive ketones (excluding diaryl/α,β-unsaturated/α-hetero) is 1. The van der Waals surface area contributed by atoms with E-state index in [-0.39, 0.29) is 22.9 Å². The van der Waals surface area contributed by atoms with Crippen LogP contribution in [0.2, 0.25) is 0 Å². The lowest BCUT2D eigenvalue weighted by Crippen LogP contribution is -2.32. The van der Waals surface area contributed by atoms with E-state index < -0.39 is 5.92 Å². The summed E-state index contributed by atoms with van der Waals surface area (Å²) in [5.74, 6) is -0.145. The smallest absolute Gasteiger partial charge is 0.257 e. The number of ketones is 1. The number of nitrogens with zero attached hydrogens (tertiary/aromatic N) is 1. The van der Waals surface area contributed by atoms with Crippen LogP contribution in [0.15, 0.2) is 69.8 Å². The van der Waals surface area contributed by atoms with Gasteiger partial charge in [-0.1, -0.05) is 42.1 Å². The van der Waals surface area contributed by atoms with Crippen molar-refractivity contribution < 1.29 is 14.3 Å². The van der Waals surface area contributed by atoms with Gasteiger partial charge in [0.05, 0.1) is 5.56 Å². The third-order valence-corrected chi connectivity index (χ3v) is 6.68. The molecule has 2 heterocycles. The SMILES string of the molecule is O=C1CCCC2=C1[C@@H](c1cccc(O)c1)c1c(nc(SCc3ccccc3F)[nH]c1=O)N2. The zero-order chi connectivity index (χ0) is 22.2. The Labute approximate surface area is 187 Å². The number of phenols is 1. The van der Waals surface area contributed by atoms with Gasteiger partial charge in [-0.2, -0.15) is 0 Å². The molecule has 32 heavy (non-hydrogen) atoms. The Morgan fingerprint density at radius 1 is 1.12 bits per heavy atom. The molecular weight excluding hydrogens is 429 g/mol. The molecule has 0 bridgehead atoms. The monoisotopic (exact) mass is 449 g/mol. The molecule has 3 aromatic rings. The van der Waals surface area contributed by atoms with Gasteiger partial charge in [0, 0.05) is 29.4 Å². The Morgan fingerprint density at radius 2 is 1.97 bits per heavy atom. The Balaban J connectivity index is 1.57. The average molecular weight is 450 g/mol. The molecule has 0 unspecified atom stereocenters. The second-order valence-electron chi connectivity index (χ2n) is 7.84. The van der Waals surface area contributed by atoms with E-state index in [1.807, 2.05) is 0 Å². The second kappa shape index (κ2) is 8.27. The highest BCUT2D eigenvalue weighted by Crippen LogP contribution is 2.44. The molecule has 3 N–H and O–H groups in total. The molecule has 0 amide bonds. The average Bonchev–Trinajstić information content (AvgIpc) is 2.77. The number of thioether (sulfide) groups is 1. The number of benzene rings is 2. The molecule has 1 atom stereocenters. The van der Waals surface area contributed by atoms with E-state index in [2.05, 4.69) is 15.3 Å². The number of hydrogen-bond donors (Lipinski definition) is 3. The maximum absolute atomic E-state index is 14.0. The molecule has 0 saturated carbocycles. The van der Waals surface area contributed by atoms with Crippen molar-refractivity contribution in [1.82, 2.24) is 9.97 Å². The minimum Gasteiger partial charge on any atom is -0.508 e. The van der Waals surface area contributed by atoms with Gasteiger partial charge in [0.1, 0.15) is 17.4 Å². The van der Waals surface area contributed by atoms with Gasteiger partial charge in [0.15, 0.2) is 10.9 Å². The molecule has 2 aliphatic rings. The van der Waals surface area contributed by atoms with Crippen LogP contribution in [0.5, 0.6) is 5.75 Å². The first-order valence-corrected chi connectivity index (χ1v) is 11.3. The van der Waals surface area contributed by atoms with Crippen molar-refractivity contribution in [3.05, 3.63) is 92.7 Å². The van der Waals surface area contributed by atoms with Crippen molar-refractivity contribution >= 4 is 23.4 Å². The predicted octanol–water partition coefficient (Wildman–Crippen LogP) is 4.47. The zero-order valence-corrected chi connectivity index (χ0v) is 17.8. The highest BCUT2D eigenvalue weighted by molar-refractivity contribution is 7.98. The van der Waals surface area contributed by atoms with Gasteiger partial charge in [-0.3, -0.25) is 9.59 Å². The Kier molecular flexibility index (Phi) is 5.30. The zero-order valence-electron chi connectivity index (χ0n) is 17.0. The summed E-state index contributed by atoms with van der Waals surface area (Å²) in [4.78, 5) is 33.4. The number of aromatic amines is 1. The van der Waals surface area contributed by atoms with Crippen LogP contribution in [-0.4, -0.2) is 20.9 Å². The fraction of sp³-hybridized carbons (Fsp3) is 0.208. The van der Waals surface area contributed by atoms with Crippen LogP contribution < -0.4 is 10.9 Å². The van der Waals surface area contributed by atoms with Gasteiger partial charge in [-0.25, -0.2) is 9.37 Å². The third kappa shape index (κ3) is 3.71. The summed E-state index contributed by atoms with van der Waals surface area (Å²) < 4.78 is 14.0. The quantitative estimate of drug-likeness (QED) is 0.402. The predicted molar refractivity (Wildman–Crippen MR) is 120 cm³/mol. The lowest BCUT2D eigenvalue weighted by molar-refractivity contribution is -0.116. The first kappa shape index (κ1) is 20.5. The van der Waals surface area contributed by atoms with Gasteiger partial charge in [-0.15, -0.1) is 0 Å². The van der Waals surface area contributed by atoms with E-state index >= 15 is 0 Å². The Bertz CT molecular complexity index is 1320. The van der Waals surface area contributed by atoms with Crippen molar-refractivity contribution in [3.63, 3.8) is 0 Å². The van der Waals surface area contributed by atoms with Crippen LogP contribution in [0.1, 0.15) is 41.9 Å². The number of allylic oxidation sites excluding steroid dienone is 2. The molecule has 0 saturated heterocycles. The number of halogens is 1. The number of carbonyl (C=O) groups excluding carboxylic acids is 1. The van der Waals surface area contributed by atoms with Crippen LogP contribution in [-0.2, 0) is 10.5 Å². The fourth-order valence-corrected chi connectivity index (χ4v) is 5.16. The molecule has 0 spiro atoms. The van der Waals surface area contributed by atoms with Gasteiger partial charge >= 0.3 is 0 Å². The van der Waals surface area contributed by atoms with Gasteiger partial charge in [0.25, 0.3) is 5.56 Å². The van der Waals surface area contributed by atoms with E-state index in [0.29, 0.717) is 51.8 Å². The number of aromatic nitrogens is 2. The third-order valence-electron chi connectivity index (χ3n) is 5.76. The van der Waals surface area contributed by atoms with E-state index in [9.17, 15) is 19.1 Å². The molecule has 0 fully saturated rings. The molecule has 8 heteroatoms. The van der Waals surface area contributed by atoms with Gasteiger partial charge in [0.2, 0.25) is 0 Å². The van der Waals surface area contributed by atoms with E-state index in [1.54, 1.807) is 42.5 Å². The summed E-state index contributed by atoms with van der Waals surface area (Å²) in [5.41, 5.74) is 2.50. The van der Waals surface area contributed by atoms with E-state index in [1.165, 1.54) is 17.8 Å². The molecule has 6 nitrogen and oxygen atoms in total. The van der Waals surface area contributed by atoms with Crippen LogP contribution in [0.4, 0.5) is 10.2 Å². The topological polar surface area (TPSA) is 95.1 Å². The standard InChI is InChI=1S/C24H20FN3O3S/c25-16-8-2-1-5-14(16)12-32-24-27-22-21(23(31)28-24)19(13-6-3-7-15(29)11-13)20-17(26-22)9-4-10-18(20)30/h1-3,5-8,11,19,29H,4,9-10,12H2,(H2,26,27,28,31)/t19-/m1/s1. The van der Waals surface area contributed by atoms with Crippen LogP contribution in [0.3, 0.4) is 0 Å². The van der Waals surface area contributed by atoms with Crippen LogP contribution >= 0.6 is 11.8 Å². The molecule has 1 aliphatic carbocycles. The minimum absolute atomic E-state index is 0.00449. The van der Waals surface area contributed by atoms with E-state index in [0.717, 1.165) is 12.1 Å². The lowest BCUT2D eigenvalue weighted by Gasteiger charge is -2.32. The lowest BCUT2D eigenvalue weighted by atomic mass is 9.76. The minimum atomic E-state index is -0.608. The van der Waals surface area contributed by atoms with Crippen LogP contribution in [0.25, 0.3) is 0 Å². The summed E-state index contributed by atoms with van der Waals surface area (Å²) in [6.45, 7) is 0. The molecule has 5 rings (SSSR count). The number of H-pyrrole nitrogens is 1. The van der Waals surface area contributed by atoms with Crippen molar-refractivity contribution in [2.75, 3.05) is 5.32 Å². The number of carbonyl (C=O) groups is 1. The van der Waals surface area contributed by atoms with Crippen molar-refractivity contribution in [2.24, 2.45) is 0 Å². The number of fused-ring (bicyclic) bond motifs is 1. The summed E-state index contributed by atoms with van der Waals surface area (Å²) in [6.07, 6.45) is 1.83. The maximum Gasteiger partial charge on any atom is 0.257 e. The molecule has 1 aromatic heterocycles. The second-order valence-corrected chi connectivity index (χ2v) is 8.80. The van der Waals surface area contributed by atoms with E-state index in [4.69, 9.17) is 0 Å². The highest BCUT2D eigenvalue weighted by atomic mass is 32.2. The molecule has 1 aliphatic heterocycles. The van der Waals surface area contributed by atoms with Crippen LogP contribution in [0, 0.1) is 5.82 Å². The van der Waals surface area contributed by atoms with Crippen molar-refractivity contribution in [2.45, 2.75) is 36.1 Å². The first-order chi connectivity index (χ1) is 15.5. The summed E-state index contributed by atoms with van der Waals surface area (Å²) >= 11 is 1.23. The number of phenolic OH excluding ortho intramolecular Hbond substituents is 1. The largest absolute Gasteiger partial charge is 0.508 e. The number of aromatic hydroxyl groups is 1. The van der Waals surface area contributed by atoms with Gasteiger partial charge < -0.3 is 15.4 Å². The number of nitrogens with one attached hydrogen (secondary N) is 2. The van der Waals surface area contributed by atoms with Gasteiger partial charge in [-0.05, 0) is 42.2 Å². The Morgan fingerprint density at radius 3 is 2.78 bits per heavy atom. The number of anilines is 1. The van der Waals surface area contributed by atoms with Crippen molar-refractivity contribution in [3.8, 4) is 5.75 Å². The normalized spacial score (nSPS) is 17.5. The summed E-state index contributed by atoms with van der Waals surface area (Å²) in [7, 11) is 0. The fourth-order valence-electron chi connectivity index (χ4n) is 4.31. The first-order valence-electron chi connectivity index (χ1n) is 10.3. The molecule has 2 aromatic carbocycles. The van der Waals surface area contributed by atoms with Crippen molar-refractivity contribution in [1.29, 1.82) is 0 Å². The molecule has 0 radical (unpaired) electrons. The number of rotatable bonds is 4. The summed E-state index contributed by atoms with van der Waals surface area (Å²) in [5, 5.41) is 13.6. The highest BCUT2D eigenvalue weighted by Gasteiger charge is 2.37. The molecule has 162 valence electrons. The number of hydrogen-bond acceptors (Lipinski definition) is 6.